The normalized spacial score (nSPS) is 27.1. The van der Waals surface area contributed by atoms with Gasteiger partial charge in [0, 0.05) is 11.5 Å². The van der Waals surface area contributed by atoms with Gasteiger partial charge in [-0.2, -0.15) is 0 Å². The number of nitrogens with two attached hydrogens (primary N) is 1. The van der Waals surface area contributed by atoms with Gasteiger partial charge in [-0.15, -0.1) is 0 Å². The second-order valence-electron chi connectivity index (χ2n) is 10.0. The molecule has 1 aromatic carbocycles. The molecular weight excluding hydrogens is 582 g/mol. The fraction of sp³-hybridized carbons (Fsp3) is 0.400. The van der Waals surface area contributed by atoms with E-state index >= 15 is 0 Å². The van der Waals surface area contributed by atoms with Crippen molar-refractivity contribution in [1.82, 2.24) is 4.90 Å². The summed E-state index contributed by atoms with van der Waals surface area (Å²) in [6.45, 7) is 0. The van der Waals surface area contributed by atoms with Crippen LogP contribution in [0.3, 0.4) is 0 Å². The van der Waals surface area contributed by atoms with Gasteiger partial charge in [0.15, 0.2) is 11.4 Å². The number of phenols is 1. The van der Waals surface area contributed by atoms with E-state index in [0.717, 1.165) is 0 Å². The van der Waals surface area contributed by atoms with Crippen molar-refractivity contribution in [2.45, 2.75) is 35.7 Å². The zero-order valence-electron chi connectivity index (χ0n) is 20.8. The molecule has 0 radical (unpaired) electrons. The topological polar surface area (TPSA) is 228 Å². The van der Waals surface area contributed by atoms with Crippen LogP contribution >= 0.6 is 15.9 Å². The number of anilines is 1. The summed E-state index contributed by atoms with van der Waals surface area (Å²) in [6, 6.07) is 1.67. The third-order valence-corrected chi connectivity index (χ3v) is 8.23. The standard InChI is InChI=1S/C25H26BrN3O10/c1-29(2)17-10-6-9-5-8-3-4-12(28-24(38)11(26)7-13(30)31)18(32)14(8)19(33)15(9)21(35)25(10,39)22(36)16(20(17)34)23(27)37/h3-4,9-11,17,32-33,36,39H,5-7H2,1-2H3,(H2,27,37)(H,28,38)(H,30,31)/t9?,10?,11-,17?,25?/m0/s1. The summed E-state index contributed by atoms with van der Waals surface area (Å²) in [7, 11) is 3.02. The number of hydrogen-bond donors (Lipinski definition) is 7. The Morgan fingerprint density at radius 3 is 2.41 bits per heavy atom. The van der Waals surface area contributed by atoms with E-state index in [4.69, 9.17) is 10.8 Å². The minimum Gasteiger partial charge on any atom is -0.508 e. The van der Waals surface area contributed by atoms with Gasteiger partial charge in [0.05, 0.1) is 23.7 Å². The fourth-order valence-corrected chi connectivity index (χ4v) is 6.17. The third kappa shape index (κ3) is 4.28. The van der Waals surface area contributed by atoms with E-state index in [0.29, 0.717) is 5.56 Å². The number of aliphatic hydroxyl groups is 3. The highest BCUT2D eigenvalue weighted by molar-refractivity contribution is 9.10. The van der Waals surface area contributed by atoms with E-state index in [9.17, 15) is 44.4 Å². The van der Waals surface area contributed by atoms with Crippen molar-refractivity contribution in [3.8, 4) is 5.75 Å². The maximum Gasteiger partial charge on any atom is 0.305 e. The molecule has 14 heteroatoms. The van der Waals surface area contributed by atoms with Crippen LogP contribution in [0, 0.1) is 11.8 Å². The Hall–Kier alpha value is -3.75. The number of carboxylic acids is 1. The molecule has 1 aromatic rings. The highest BCUT2D eigenvalue weighted by Gasteiger charge is 2.64. The molecule has 0 spiro atoms. The SMILES string of the molecule is CN(C)C1C(=O)C(C(N)=O)=C(O)C2(O)C(=O)C3=C(O)c4c(ccc(NC(=O)[C@@H](Br)CC(=O)O)c4O)CC3CC12. The molecule has 4 unspecified atom stereocenters. The van der Waals surface area contributed by atoms with Crippen molar-refractivity contribution in [3.63, 3.8) is 0 Å². The number of carbonyl (C=O) groups is 5. The first-order chi connectivity index (χ1) is 18.1. The van der Waals surface area contributed by atoms with E-state index in [2.05, 4.69) is 21.2 Å². The number of nitrogens with zero attached hydrogens (tertiary/aromatic N) is 1. The number of likely N-dealkylation sites (N-methyl/N-ethyl adjacent to an activating group) is 1. The molecule has 0 aromatic heterocycles. The Bertz CT molecular complexity index is 1400. The van der Waals surface area contributed by atoms with Crippen LogP contribution in [-0.2, 0) is 30.4 Å². The van der Waals surface area contributed by atoms with Crippen molar-refractivity contribution < 1.29 is 49.5 Å². The quantitative estimate of drug-likeness (QED) is 0.131. The summed E-state index contributed by atoms with van der Waals surface area (Å²) >= 11 is 2.95. The van der Waals surface area contributed by atoms with Crippen molar-refractivity contribution in [3.05, 3.63) is 40.2 Å². The van der Waals surface area contributed by atoms with Crippen LogP contribution in [0.5, 0.6) is 5.75 Å². The van der Waals surface area contributed by atoms with Gasteiger partial charge in [-0.1, -0.05) is 22.0 Å². The van der Waals surface area contributed by atoms with Crippen molar-refractivity contribution in [1.29, 1.82) is 0 Å². The zero-order chi connectivity index (χ0) is 29.1. The van der Waals surface area contributed by atoms with Crippen LogP contribution in [0.4, 0.5) is 5.69 Å². The summed E-state index contributed by atoms with van der Waals surface area (Å²) < 4.78 is 0. The summed E-state index contributed by atoms with van der Waals surface area (Å²) in [5.41, 5.74) is 1.33. The number of halogens is 1. The highest BCUT2D eigenvalue weighted by atomic mass is 79.9. The molecule has 13 nitrogen and oxygen atoms in total. The van der Waals surface area contributed by atoms with E-state index < -0.39 is 86.9 Å². The van der Waals surface area contributed by atoms with Crippen molar-refractivity contribution in [2.24, 2.45) is 17.6 Å². The van der Waals surface area contributed by atoms with Crippen molar-refractivity contribution >= 4 is 56.7 Å². The monoisotopic (exact) mass is 607 g/mol. The summed E-state index contributed by atoms with van der Waals surface area (Å²) in [5.74, 6) is -9.76. The number of fused-ring (bicyclic) bond motifs is 3. The van der Waals surface area contributed by atoms with Gasteiger partial charge in [0.1, 0.15) is 27.7 Å². The Balaban J connectivity index is 1.82. The molecule has 1 saturated carbocycles. The number of hydrogen-bond acceptors (Lipinski definition) is 10. The van der Waals surface area contributed by atoms with E-state index in [-0.39, 0.29) is 29.7 Å². The predicted octanol–water partition coefficient (Wildman–Crippen LogP) is 0.141. The Labute approximate surface area is 229 Å². The molecule has 39 heavy (non-hydrogen) atoms. The van der Waals surface area contributed by atoms with Crippen LogP contribution in [0.15, 0.2) is 29.0 Å². The lowest BCUT2D eigenvalue weighted by molar-refractivity contribution is -0.153. The molecule has 4 rings (SSSR count). The minimum absolute atomic E-state index is 0.0501. The fourth-order valence-electron chi connectivity index (χ4n) is 5.78. The van der Waals surface area contributed by atoms with Gasteiger partial charge in [-0.05, 0) is 44.5 Å². The largest absolute Gasteiger partial charge is 0.508 e. The molecule has 1 fully saturated rings. The average Bonchev–Trinajstić information content (AvgIpc) is 2.82. The van der Waals surface area contributed by atoms with Gasteiger partial charge in [-0.25, -0.2) is 0 Å². The molecule has 8 N–H and O–H groups in total. The molecular formula is C25H26BrN3O10. The van der Waals surface area contributed by atoms with Crippen molar-refractivity contribution in [2.75, 3.05) is 19.4 Å². The maximum atomic E-state index is 13.8. The number of carboxylic acid groups (broad SMARTS) is 1. The molecule has 0 heterocycles. The number of primary amides is 1. The number of alkyl halides is 1. The highest BCUT2D eigenvalue weighted by Crippen LogP contribution is 2.53. The molecule has 0 bridgehead atoms. The lowest BCUT2D eigenvalue weighted by Crippen LogP contribution is -2.65. The molecule has 2 amide bonds. The lowest BCUT2D eigenvalue weighted by Gasteiger charge is -2.50. The van der Waals surface area contributed by atoms with E-state index in [1.807, 2.05) is 0 Å². The first kappa shape index (κ1) is 28.3. The Kier molecular flexibility index (Phi) is 7.08. The molecule has 3 aliphatic rings. The van der Waals surface area contributed by atoms with Gasteiger partial charge < -0.3 is 36.6 Å². The number of Topliss-reactive ketones (excluding diaryl/α,β-unsaturated/α-hetero) is 2. The second kappa shape index (κ2) is 9.77. The van der Waals surface area contributed by atoms with Gasteiger partial charge in [-0.3, -0.25) is 28.9 Å². The number of aliphatic hydroxyl groups excluding tert-OH is 2. The number of ketones is 2. The maximum absolute atomic E-state index is 13.8. The predicted molar refractivity (Wildman–Crippen MR) is 138 cm³/mol. The number of amides is 2. The molecule has 208 valence electrons. The second-order valence-corrected chi connectivity index (χ2v) is 11.1. The Morgan fingerprint density at radius 1 is 1.21 bits per heavy atom. The molecule has 0 aliphatic heterocycles. The first-order valence-electron chi connectivity index (χ1n) is 11.8. The molecule has 5 atom stereocenters. The lowest BCUT2D eigenvalue weighted by atomic mass is 9.57. The molecule has 0 saturated heterocycles. The van der Waals surface area contributed by atoms with Gasteiger partial charge >= 0.3 is 5.97 Å². The van der Waals surface area contributed by atoms with Crippen LogP contribution in [0.2, 0.25) is 0 Å². The minimum atomic E-state index is -2.76. The number of rotatable bonds is 6. The average molecular weight is 608 g/mol. The molecule has 3 aliphatic carbocycles. The third-order valence-electron chi connectivity index (χ3n) is 7.49. The van der Waals surface area contributed by atoms with E-state index in [1.165, 1.54) is 31.1 Å². The van der Waals surface area contributed by atoms with Crippen LogP contribution in [0.1, 0.15) is 24.0 Å². The van der Waals surface area contributed by atoms with Crippen LogP contribution < -0.4 is 11.1 Å². The van der Waals surface area contributed by atoms with Crippen LogP contribution in [0.25, 0.3) is 5.76 Å². The first-order valence-corrected chi connectivity index (χ1v) is 12.7. The summed E-state index contributed by atoms with van der Waals surface area (Å²) in [5, 5.41) is 55.8. The van der Waals surface area contributed by atoms with Gasteiger partial charge in [0.2, 0.25) is 11.7 Å². The zero-order valence-corrected chi connectivity index (χ0v) is 22.4. The number of benzene rings is 1. The van der Waals surface area contributed by atoms with Gasteiger partial charge in [0.25, 0.3) is 5.91 Å². The summed E-state index contributed by atoms with van der Waals surface area (Å²) in [6.07, 6.45) is -0.495. The Morgan fingerprint density at radius 2 is 1.85 bits per heavy atom. The summed E-state index contributed by atoms with van der Waals surface area (Å²) in [4.78, 5) is 62.5. The number of nitrogens with one attached hydrogen (secondary N) is 1. The smallest absolute Gasteiger partial charge is 0.305 e. The number of phenolic OH excluding ortho intramolecular Hbond substituents is 1. The number of aromatic hydroxyl groups is 1. The van der Waals surface area contributed by atoms with E-state index in [1.54, 1.807) is 0 Å². The number of aliphatic carboxylic acids is 1. The van der Waals surface area contributed by atoms with Crippen LogP contribution in [-0.4, -0.2) is 90.3 Å². The number of carbonyl (C=O) groups excluding carboxylic acids is 4.